The summed E-state index contributed by atoms with van der Waals surface area (Å²) < 4.78 is 25.4. The molecule has 0 radical (unpaired) electrons. The fraction of sp³-hybridized carbons (Fsp3) is 0.381. The van der Waals surface area contributed by atoms with Gasteiger partial charge in [-0.1, -0.05) is 56.6 Å². The minimum absolute atomic E-state index is 0.0551. The number of benzene rings is 2. The second-order valence-electron chi connectivity index (χ2n) is 7.91. The number of amides is 1. The van der Waals surface area contributed by atoms with Crippen molar-refractivity contribution in [1.29, 1.82) is 0 Å². The highest BCUT2D eigenvalue weighted by molar-refractivity contribution is 7.92. The van der Waals surface area contributed by atoms with Crippen LogP contribution in [0.2, 0.25) is 5.02 Å². The summed E-state index contributed by atoms with van der Waals surface area (Å²) in [4.78, 5) is 12.5. The van der Waals surface area contributed by atoms with Gasteiger partial charge in [-0.05, 0) is 47.7 Å². The minimum Gasteiger partial charge on any atom is -0.348 e. The summed E-state index contributed by atoms with van der Waals surface area (Å²) in [5, 5.41) is 3.36. The topological polar surface area (TPSA) is 66.5 Å². The Hall–Kier alpha value is -2.05. The average Bonchev–Trinajstić information content (AvgIpc) is 2.59. The van der Waals surface area contributed by atoms with Gasteiger partial charge in [-0.3, -0.25) is 9.10 Å². The van der Waals surface area contributed by atoms with E-state index in [1.165, 1.54) is 5.56 Å². The number of nitrogens with one attached hydrogen (secondary N) is 1. The summed E-state index contributed by atoms with van der Waals surface area (Å²) in [6.07, 6.45) is 1.07. The van der Waals surface area contributed by atoms with E-state index in [4.69, 9.17) is 11.6 Å². The van der Waals surface area contributed by atoms with Gasteiger partial charge < -0.3 is 5.32 Å². The highest BCUT2D eigenvalue weighted by atomic mass is 35.5. The molecule has 0 fully saturated rings. The minimum atomic E-state index is -3.62. The summed E-state index contributed by atoms with van der Waals surface area (Å²) in [5.41, 5.74) is 2.61. The zero-order valence-corrected chi connectivity index (χ0v) is 18.4. The number of hydrogen-bond acceptors (Lipinski definition) is 3. The molecular weight excluding hydrogens is 396 g/mol. The van der Waals surface area contributed by atoms with Gasteiger partial charge in [0, 0.05) is 5.02 Å². The Labute approximate surface area is 172 Å². The number of halogens is 1. The van der Waals surface area contributed by atoms with Crippen LogP contribution in [0, 0.1) is 0 Å². The van der Waals surface area contributed by atoms with Crippen LogP contribution < -0.4 is 9.62 Å². The zero-order chi connectivity index (χ0) is 21.1. The molecule has 28 heavy (non-hydrogen) atoms. The van der Waals surface area contributed by atoms with Gasteiger partial charge in [0.1, 0.15) is 6.54 Å². The lowest BCUT2D eigenvalue weighted by atomic mass is 9.86. The maximum absolute atomic E-state index is 12.5. The number of carbonyl (C=O) groups is 1. The van der Waals surface area contributed by atoms with E-state index in [0.29, 0.717) is 10.7 Å². The van der Waals surface area contributed by atoms with E-state index >= 15 is 0 Å². The second-order valence-corrected chi connectivity index (χ2v) is 10.3. The largest absolute Gasteiger partial charge is 0.348 e. The standard InChI is InChI=1S/C21H27ClN2O3S/c1-15(16-6-8-17(9-7-16)21(2,3)4)23-20(25)14-24(28(5,26)27)19-12-10-18(22)11-13-19/h6-13,15H,14H2,1-5H3,(H,23,25)/t15-/m1/s1. The van der Waals surface area contributed by atoms with Gasteiger partial charge in [0.2, 0.25) is 15.9 Å². The lowest BCUT2D eigenvalue weighted by Gasteiger charge is -2.24. The van der Waals surface area contributed by atoms with Crippen molar-refractivity contribution in [2.75, 3.05) is 17.1 Å². The van der Waals surface area contributed by atoms with Gasteiger partial charge in [-0.15, -0.1) is 0 Å². The van der Waals surface area contributed by atoms with Gasteiger partial charge in [0.15, 0.2) is 0 Å². The quantitative estimate of drug-likeness (QED) is 0.755. The Morgan fingerprint density at radius 2 is 1.61 bits per heavy atom. The van der Waals surface area contributed by atoms with Crippen LogP contribution in [-0.2, 0) is 20.2 Å². The first-order valence-corrected chi connectivity index (χ1v) is 11.2. The molecule has 0 aromatic heterocycles. The highest BCUT2D eigenvalue weighted by Gasteiger charge is 2.22. The first-order valence-electron chi connectivity index (χ1n) is 9.01. The molecular formula is C21H27ClN2O3S. The normalized spacial score (nSPS) is 13.1. The first-order chi connectivity index (χ1) is 12.9. The molecule has 7 heteroatoms. The molecule has 1 amide bonds. The first kappa shape index (κ1) is 22.2. The molecule has 2 aromatic rings. The van der Waals surface area contributed by atoms with Gasteiger partial charge in [0.05, 0.1) is 18.0 Å². The monoisotopic (exact) mass is 422 g/mol. The van der Waals surface area contributed by atoms with Crippen molar-refractivity contribution in [2.24, 2.45) is 0 Å². The SMILES string of the molecule is C[C@@H](NC(=O)CN(c1ccc(Cl)cc1)S(C)(=O)=O)c1ccc(C(C)(C)C)cc1. The fourth-order valence-corrected chi connectivity index (χ4v) is 3.76. The molecule has 0 aliphatic rings. The van der Waals surface area contributed by atoms with E-state index in [0.717, 1.165) is 16.1 Å². The van der Waals surface area contributed by atoms with Gasteiger partial charge >= 0.3 is 0 Å². The van der Waals surface area contributed by atoms with E-state index < -0.39 is 10.0 Å². The summed E-state index contributed by atoms with van der Waals surface area (Å²) in [7, 11) is -3.62. The second kappa shape index (κ2) is 8.53. The maximum Gasteiger partial charge on any atom is 0.241 e. The van der Waals surface area contributed by atoms with E-state index in [2.05, 4.69) is 38.2 Å². The smallest absolute Gasteiger partial charge is 0.241 e. The van der Waals surface area contributed by atoms with Crippen molar-refractivity contribution >= 4 is 33.2 Å². The van der Waals surface area contributed by atoms with Crippen LogP contribution in [0.5, 0.6) is 0 Å². The lowest BCUT2D eigenvalue weighted by molar-refractivity contribution is -0.120. The Morgan fingerprint density at radius 3 is 2.07 bits per heavy atom. The third-order valence-electron chi connectivity index (χ3n) is 4.46. The van der Waals surface area contributed by atoms with Gasteiger partial charge in [-0.25, -0.2) is 8.42 Å². The van der Waals surface area contributed by atoms with Gasteiger partial charge in [-0.2, -0.15) is 0 Å². The summed E-state index contributed by atoms with van der Waals surface area (Å²) in [5.74, 6) is -0.382. The van der Waals surface area contributed by atoms with Crippen molar-refractivity contribution in [1.82, 2.24) is 5.32 Å². The molecule has 0 unspecified atom stereocenters. The molecule has 0 heterocycles. The molecule has 1 atom stereocenters. The van der Waals surface area contributed by atoms with E-state index in [1.54, 1.807) is 24.3 Å². The van der Waals surface area contributed by atoms with Crippen LogP contribution in [0.4, 0.5) is 5.69 Å². The zero-order valence-electron chi connectivity index (χ0n) is 16.9. The van der Waals surface area contributed by atoms with Gasteiger partial charge in [0.25, 0.3) is 0 Å². The van der Waals surface area contributed by atoms with Crippen LogP contribution in [0.3, 0.4) is 0 Å². The van der Waals surface area contributed by atoms with Crippen molar-refractivity contribution in [3.63, 3.8) is 0 Å². The summed E-state index contributed by atoms with van der Waals surface area (Å²) in [6.45, 7) is 8.00. The highest BCUT2D eigenvalue weighted by Crippen LogP contribution is 2.24. The number of sulfonamides is 1. The van der Waals surface area contributed by atoms with Crippen LogP contribution in [-0.4, -0.2) is 27.1 Å². The van der Waals surface area contributed by atoms with Crippen LogP contribution in [0.25, 0.3) is 0 Å². The molecule has 0 saturated carbocycles. The third-order valence-corrected chi connectivity index (χ3v) is 5.85. The number of anilines is 1. The Balaban J connectivity index is 2.11. The predicted octanol–water partition coefficient (Wildman–Crippen LogP) is 4.28. The fourth-order valence-electron chi connectivity index (χ4n) is 2.78. The number of carbonyl (C=O) groups excluding carboxylic acids is 1. The molecule has 1 N–H and O–H groups in total. The summed E-state index contributed by atoms with van der Waals surface area (Å²) in [6, 6.07) is 14.2. The molecule has 0 spiro atoms. The Bertz CT molecular complexity index is 918. The Morgan fingerprint density at radius 1 is 1.07 bits per heavy atom. The molecule has 2 rings (SSSR count). The molecule has 152 valence electrons. The van der Waals surface area contributed by atoms with Crippen LogP contribution in [0.1, 0.15) is 44.9 Å². The number of nitrogens with zero attached hydrogens (tertiary/aromatic N) is 1. The molecule has 5 nitrogen and oxygen atoms in total. The molecule has 0 saturated heterocycles. The summed E-state index contributed by atoms with van der Waals surface area (Å²) >= 11 is 5.86. The molecule has 0 aliphatic carbocycles. The van der Waals surface area contributed by atoms with E-state index in [-0.39, 0.29) is 23.9 Å². The van der Waals surface area contributed by atoms with E-state index in [1.807, 2.05) is 19.1 Å². The lowest BCUT2D eigenvalue weighted by Crippen LogP contribution is -2.41. The number of rotatable bonds is 6. The Kier molecular flexibility index (Phi) is 6.78. The van der Waals surface area contributed by atoms with Crippen LogP contribution >= 0.6 is 11.6 Å². The maximum atomic E-state index is 12.5. The van der Waals surface area contributed by atoms with Crippen molar-refractivity contribution in [3.8, 4) is 0 Å². The van der Waals surface area contributed by atoms with Crippen LogP contribution in [0.15, 0.2) is 48.5 Å². The van der Waals surface area contributed by atoms with Crippen molar-refractivity contribution < 1.29 is 13.2 Å². The van der Waals surface area contributed by atoms with Crippen molar-refractivity contribution in [2.45, 2.75) is 39.2 Å². The third kappa shape index (κ3) is 5.97. The number of hydrogen-bond donors (Lipinski definition) is 1. The predicted molar refractivity (Wildman–Crippen MR) is 115 cm³/mol. The van der Waals surface area contributed by atoms with Crippen molar-refractivity contribution in [3.05, 3.63) is 64.7 Å². The van der Waals surface area contributed by atoms with E-state index in [9.17, 15) is 13.2 Å². The molecule has 0 bridgehead atoms. The molecule has 0 aliphatic heterocycles. The molecule has 2 aromatic carbocycles. The average molecular weight is 423 g/mol.